The highest BCUT2D eigenvalue weighted by atomic mass is 15.2. The van der Waals surface area contributed by atoms with Crippen LogP contribution in [0.2, 0.25) is 0 Å². The molecule has 2 fully saturated rings. The Morgan fingerprint density at radius 3 is 2.50 bits per heavy atom. The van der Waals surface area contributed by atoms with E-state index >= 15 is 0 Å². The zero-order valence-electron chi connectivity index (χ0n) is 8.52. The minimum Gasteiger partial charge on any atom is -0.293 e. The number of hydrogen-bond donors (Lipinski definition) is 0. The fourth-order valence-electron chi connectivity index (χ4n) is 2.67. The van der Waals surface area contributed by atoms with Crippen molar-refractivity contribution in [3.8, 4) is 0 Å². The van der Waals surface area contributed by atoms with Gasteiger partial charge in [-0.2, -0.15) is 0 Å². The third kappa shape index (κ3) is 1.46. The Kier molecular flexibility index (Phi) is 2.06. The Bertz CT molecular complexity index is 302. The molecule has 14 heavy (non-hydrogen) atoms. The summed E-state index contributed by atoms with van der Waals surface area (Å²) in [6.45, 7) is 1.32. The van der Waals surface area contributed by atoms with Crippen molar-refractivity contribution in [1.82, 2.24) is 4.90 Å². The molecule has 1 aromatic carbocycles. The van der Waals surface area contributed by atoms with E-state index in [-0.39, 0.29) is 0 Å². The molecule has 1 saturated heterocycles. The summed E-state index contributed by atoms with van der Waals surface area (Å²) < 4.78 is 0. The van der Waals surface area contributed by atoms with Crippen LogP contribution < -0.4 is 0 Å². The van der Waals surface area contributed by atoms with Crippen LogP contribution in [0.4, 0.5) is 0 Å². The van der Waals surface area contributed by atoms with Gasteiger partial charge >= 0.3 is 0 Å². The number of nitrogens with zero attached hydrogens (tertiary/aromatic N) is 1. The van der Waals surface area contributed by atoms with Crippen molar-refractivity contribution in [3.63, 3.8) is 0 Å². The van der Waals surface area contributed by atoms with Crippen LogP contribution in [0.1, 0.15) is 37.3 Å². The number of likely N-dealkylation sites (tertiary alicyclic amines) is 1. The summed E-state index contributed by atoms with van der Waals surface area (Å²) in [4.78, 5) is 2.72. The highest BCUT2D eigenvalue weighted by Crippen LogP contribution is 2.40. The van der Waals surface area contributed by atoms with E-state index in [2.05, 4.69) is 35.2 Å². The van der Waals surface area contributed by atoms with Crippen molar-refractivity contribution in [1.29, 1.82) is 0 Å². The molecule has 0 radical (unpaired) electrons. The molecule has 1 aromatic rings. The van der Waals surface area contributed by atoms with Gasteiger partial charge in [-0.25, -0.2) is 0 Å². The molecular weight excluding hydrogens is 170 g/mol. The van der Waals surface area contributed by atoms with Gasteiger partial charge in [-0.15, -0.1) is 0 Å². The van der Waals surface area contributed by atoms with Crippen molar-refractivity contribution in [2.45, 2.75) is 37.8 Å². The van der Waals surface area contributed by atoms with Gasteiger partial charge in [-0.1, -0.05) is 30.3 Å². The monoisotopic (exact) mass is 187 g/mol. The molecule has 2 aliphatic rings. The Labute approximate surface area is 85.7 Å². The first-order valence-corrected chi connectivity index (χ1v) is 5.76. The van der Waals surface area contributed by atoms with Crippen LogP contribution in [-0.4, -0.2) is 17.5 Å². The minimum atomic E-state index is 0.726. The van der Waals surface area contributed by atoms with E-state index in [1.165, 1.54) is 37.8 Å². The van der Waals surface area contributed by atoms with Crippen LogP contribution in [0.25, 0.3) is 0 Å². The third-order valence-electron chi connectivity index (χ3n) is 3.49. The molecule has 1 nitrogen and oxygen atoms in total. The molecule has 1 heteroatoms. The van der Waals surface area contributed by atoms with E-state index < -0.39 is 0 Å². The SMILES string of the molecule is c1ccc([C@H]2CCCN2C2CC2)cc1. The van der Waals surface area contributed by atoms with Gasteiger partial charge in [0.2, 0.25) is 0 Å². The van der Waals surface area contributed by atoms with Gasteiger partial charge in [0.25, 0.3) is 0 Å². The summed E-state index contributed by atoms with van der Waals surface area (Å²) in [5.41, 5.74) is 1.52. The molecule has 3 rings (SSSR count). The second-order valence-corrected chi connectivity index (χ2v) is 4.54. The van der Waals surface area contributed by atoms with Crippen molar-refractivity contribution in [3.05, 3.63) is 35.9 Å². The van der Waals surface area contributed by atoms with Gasteiger partial charge in [-0.05, 0) is 37.8 Å². The quantitative estimate of drug-likeness (QED) is 0.688. The fourth-order valence-corrected chi connectivity index (χ4v) is 2.67. The van der Waals surface area contributed by atoms with E-state index in [0.29, 0.717) is 0 Å². The highest BCUT2D eigenvalue weighted by molar-refractivity contribution is 5.20. The van der Waals surface area contributed by atoms with Gasteiger partial charge in [-0.3, -0.25) is 4.90 Å². The molecule has 1 heterocycles. The van der Waals surface area contributed by atoms with Gasteiger partial charge < -0.3 is 0 Å². The van der Waals surface area contributed by atoms with E-state index in [0.717, 1.165) is 12.1 Å². The molecule has 0 N–H and O–H groups in total. The number of hydrogen-bond acceptors (Lipinski definition) is 1. The lowest BCUT2D eigenvalue weighted by molar-refractivity contribution is 0.246. The number of benzene rings is 1. The van der Waals surface area contributed by atoms with E-state index in [1.54, 1.807) is 0 Å². The lowest BCUT2D eigenvalue weighted by Gasteiger charge is -2.24. The molecule has 0 spiro atoms. The second-order valence-electron chi connectivity index (χ2n) is 4.54. The molecule has 74 valence electrons. The average Bonchev–Trinajstić information content (AvgIpc) is 2.98. The lowest BCUT2D eigenvalue weighted by Crippen LogP contribution is -2.25. The standard InChI is InChI=1S/C13H17N/c1-2-5-11(6-3-1)13-7-4-10-14(13)12-8-9-12/h1-3,5-6,12-13H,4,7-10H2/t13-/m1/s1. The first kappa shape index (κ1) is 8.49. The zero-order chi connectivity index (χ0) is 9.38. The van der Waals surface area contributed by atoms with E-state index in [4.69, 9.17) is 0 Å². The predicted molar refractivity (Wildman–Crippen MR) is 58.1 cm³/mol. The third-order valence-corrected chi connectivity index (χ3v) is 3.49. The molecule has 1 saturated carbocycles. The van der Waals surface area contributed by atoms with Gasteiger partial charge in [0.15, 0.2) is 0 Å². The average molecular weight is 187 g/mol. The molecule has 1 aliphatic carbocycles. The van der Waals surface area contributed by atoms with Gasteiger partial charge in [0, 0.05) is 12.1 Å². The maximum atomic E-state index is 2.72. The zero-order valence-corrected chi connectivity index (χ0v) is 8.52. The Morgan fingerprint density at radius 1 is 1.00 bits per heavy atom. The van der Waals surface area contributed by atoms with E-state index in [9.17, 15) is 0 Å². The van der Waals surface area contributed by atoms with Crippen LogP contribution in [-0.2, 0) is 0 Å². The van der Waals surface area contributed by atoms with Crippen LogP contribution in [0.3, 0.4) is 0 Å². The first-order chi connectivity index (χ1) is 6.95. The van der Waals surface area contributed by atoms with Crippen molar-refractivity contribution in [2.24, 2.45) is 0 Å². The maximum absolute atomic E-state index is 2.72. The molecule has 1 atom stereocenters. The maximum Gasteiger partial charge on any atom is 0.0351 e. The summed E-state index contributed by atoms with van der Waals surface area (Å²) in [6, 6.07) is 12.7. The second kappa shape index (κ2) is 3.39. The van der Waals surface area contributed by atoms with Crippen molar-refractivity contribution >= 4 is 0 Å². The number of rotatable bonds is 2. The Morgan fingerprint density at radius 2 is 1.79 bits per heavy atom. The molecule has 0 bridgehead atoms. The van der Waals surface area contributed by atoms with Crippen LogP contribution >= 0.6 is 0 Å². The molecule has 0 amide bonds. The highest BCUT2D eigenvalue weighted by Gasteiger charge is 2.37. The topological polar surface area (TPSA) is 3.24 Å². The Balaban J connectivity index is 1.83. The summed E-state index contributed by atoms with van der Waals surface area (Å²) in [5, 5.41) is 0. The summed E-state index contributed by atoms with van der Waals surface area (Å²) in [6.07, 6.45) is 5.61. The normalized spacial score (nSPS) is 28.1. The lowest BCUT2D eigenvalue weighted by atomic mass is 10.0. The fraction of sp³-hybridized carbons (Fsp3) is 0.538. The Hall–Kier alpha value is -0.820. The smallest absolute Gasteiger partial charge is 0.0351 e. The molecule has 0 aromatic heterocycles. The first-order valence-electron chi connectivity index (χ1n) is 5.76. The van der Waals surface area contributed by atoms with Gasteiger partial charge in [0.05, 0.1) is 0 Å². The van der Waals surface area contributed by atoms with Crippen LogP contribution in [0, 0.1) is 0 Å². The van der Waals surface area contributed by atoms with Crippen LogP contribution in [0.15, 0.2) is 30.3 Å². The molecule has 0 unspecified atom stereocenters. The largest absolute Gasteiger partial charge is 0.293 e. The summed E-state index contributed by atoms with van der Waals surface area (Å²) in [5.74, 6) is 0. The van der Waals surface area contributed by atoms with Gasteiger partial charge in [0.1, 0.15) is 0 Å². The summed E-state index contributed by atoms with van der Waals surface area (Å²) in [7, 11) is 0. The molecular formula is C13H17N. The minimum absolute atomic E-state index is 0.726. The predicted octanol–water partition coefficient (Wildman–Crippen LogP) is 2.99. The summed E-state index contributed by atoms with van der Waals surface area (Å²) >= 11 is 0. The van der Waals surface area contributed by atoms with Crippen molar-refractivity contribution < 1.29 is 0 Å². The van der Waals surface area contributed by atoms with E-state index in [1.807, 2.05) is 0 Å². The van der Waals surface area contributed by atoms with Crippen LogP contribution in [0.5, 0.6) is 0 Å². The molecule has 1 aliphatic heterocycles. The van der Waals surface area contributed by atoms with Crippen molar-refractivity contribution in [2.75, 3.05) is 6.54 Å².